The number of likely N-dealkylation sites (tertiary alicyclic amines) is 1. The molecule has 0 radical (unpaired) electrons. The molecule has 0 saturated carbocycles. The lowest BCUT2D eigenvalue weighted by atomic mass is 10.00. The number of carbonyl (C=O) groups excluding carboxylic acids is 3. The predicted molar refractivity (Wildman–Crippen MR) is 90.8 cm³/mol. The fourth-order valence-electron chi connectivity index (χ4n) is 3.62. The van der Waals surface area contributed by atoms with Gasteiger partial charge < -0.3 is 19.1 Å². The number of rotatable bonds is 2. The van der Waals surface area contributed by atoms with Gasteiger partial charge in [-0.25, -0.2) is 0 Å². The molecule has 2 saturated heterocycles. The van der Waals surface area contributed by atoms with E-state index < -0.39 is 11.8 Å². The Morgan fingerprint density at radius 2 is 1.76 bits per heavy atom. The summed E-state index contributed by atoms with van der Waals surface area (Å²) >= 11 is 0. The Labute approximate surface area is 147 Å². The molecule has 1 atom stereocenters. The summed E-state index contributed by atoms with van der Waals surface area (Å²) in [5.41, 5.74) is 0. The zero-order valence-electron chi connectivity index (χ0n) is 14.6. The van der Waals surface area contributed by atoms with Gasteiger partial charge in [-0.05, 0) is 37.8 Å². The smallest absolute Gasteiger partial charge is 0.312 e. The van der Waals surface area contributed by atoms with Gasteiger partial charge in [0.2, 0.25) is 0 Å². The molecule has 0 N–H and O–H groups in total. The Kier molecular flexibility index (Phi) is 5.40. The Morgan fingerprint density at radius 3 is 2.40 bits per heavy atom. The molecule has 0 bridgehead atoms. The van der Waals surface area contributed by atoms with Crippen molar-refractivity contribution >= 4 is 17.7 Å². The lowest BCUT2D eigenvalue weighted by molar-refractivity contribution is -0.154. The first kappa shape index (κ1) is 17.5. The molecular weight excluding hydrogens is 322 g/mol. The van der Waals surface area contributed by atoms with Crippen molar-refractivity contribution < 1.29 is 18.8 Å². The van der Waals surface area contributed by atoms with Crippen molar-refractivity contribution in [1.29, 1.82) is 0 Å². The number of hydrogen-bond acceptors (Lipinski definition) is 4. The second kappa shape index (κ2) is 7.72. The van der Waals surface area contributed by atoms with E-state index in [-0.39, 0.29) is 11.9 Å². The maximum atomic E-state index is 12.6. The number of piperidine rings is 1. The lowest BCUT2D eigenvalue weighted by Gasteiger charge is -2.38. The van der Waals surface area contributed by atoms with Gasteiger partial charge >= 0.3 is 11.8 Å². The standard InChI is InChI=1S/C18H25N3O4/c1-2-14-6-3-4-8-21(14)18(24)17(23)20-11-9-19(10-12-20)16(22)15-7-5-13-25-15/h5,7,13-14H,2-4,6,8-12H2,1H3. The van der Waals surface area contributed by atoms with Crippen LogP contribution in [0.4, 0.5) is 0 Å². The summed E-state index contributed by atoms with van der Waals surface area (Å²) in [7, 11) is 0. The summed E-state index contributed by atoms with van der Waals surface area (Å²) in [6, 6.07) is 3.48. The summed E-state index contributed by atoms with van der Waals surface area (Å²) in [6.45, 7) is 4.30. The summed E-state index contributed by atoms with van der Waals surface area (Å²) in [5.74, 6) is -0.705. The van der Waals surface area contributed by atoms with Gasteiger partial charge in [0.1, 0.15) is 0 Å². The van der Waals surface area contributed by atoms with E-state index >= 15 is 0 Å². The van der Waals surface area contributed by atoms with Crippen LogP contribution in [0.3, 0.4) is 0 Å². The van der Waals surface area contributed by atoms with Crippen LogP contribution in [0.25, 0.3) is 0 Å². The van der Waals surface area contributed by atoms with Gasteiger partial charge in [0, 0.05) is 38.8 Å². The van der Waals surface area contributed by atoms with Crippen LogP contribution in [0.2, 0.25) is 0 Å². The average Bonchev–Trinajstić information content (AvgIpc) is 3.21. The third kappa shape index (κ3) is 3.70. The van der Waals surface area contributed by atoms with E-state index in [2.05, 4.69) is 6.92 Å². The number of nitrogens with zero attached hydrogens (tertiary/aromatic N) is 3. The summed E-state index contributed by atoms with van der Waals surface area (Å²) < 4.78 is 5.13. The highest BCUT2D eigenvalue weighted by Crippen LogP contribution is 2.20. The maximum Gasteiger partial charge on any atom is 0.312 e. The van der Waals surface area contributed by atoms with Crippen molar-refractivity contribution in [3.63, 3.8) is 0 Å². The zero-order chi connectivity index (χ0) is 17.8. The number of amides is 3. The fourth-order valence-corrected chi connectivity index (χ4v) is 3.62. The molecule has 2 aliphatic rings. The van der Waals surface area contributed by atoms with Crippen LogP contribution < -0.4 is 0 Å². The molecule has 3 heterocycles. The predicted octanol–water partition coefficient (Wildman–Crippen LogP) is 1.36. The summed E-state index contributed by atoms with van der Waals surface area (Å²) in [6.07, 6.45) is 5.39. The molecule has 7 nitrogen and oxygen atoms in total. The topological polar surface area (TPSA) is 74.1 Å². The van der Waals surface area contributed by atoms with Crippen molar-refractivity contribution in [2.75, 3.05) is 32.7 Å². The van der Waals surface area contributed by atoms with Crippen LogP contribution >= 0.6 is 0 Å². The van der Waals surface area contributed by atoms with E-state index in [1.165, 1.54) is 6.26 Å². The van der Waals surface area contributed by atoms with Crippen molar-refractivity contribution in [3.8, 4) is 0 Å². The number of hydrogen-bond donors (Lipinski definition) is 0. The van der Waals surface area contributed by atoms with Gasteiger partial charge in [-0.3, -0.25) is 14.4 Å². The minimum absolute atomic E-state index is 0.173. The molecule has 0 spiro atoms. The SMILES string of the molecule is CCC1CCCCN1C(=O)C(=O)N1CCN(C(=O)c2ccco2)CC1. The molecule has 25 heavy (non-hydrogen) atoms. The van der Waals surface area contributed by atoms with E-state index in [1.54, 1.807) is 26.8 Å². The van der Waals surface area contributed by atoms with Gasteiger partial charge in [-0.2, -0.15) is 0 Å². The van der Waals surface area contributed by atoms with Gasteiger partial charge in [-0.1, -0.05) is 6.92 Å². The number of carbonyl (C=O) groups is 3. The molecule has 0 aromatic carbocycles. The Balaban J connectivity index is 1.56. The largest absolute Gasteiger partial charge is 0.459 e. The van der Waals surface area contributed by atoms with E-state index in [9.17, 15) is 14.4 Å². The lowest BCUT2D eigenvalue weighted by Crippen LogP contribution is -2.56. The van der Waals surface area contributed by atoms with E-state index in [4.69, 9.17) is 4.42 Å². The van der Waals surface area contributed by atoms with E-state index in [1.807, 2.05) is 0 Å². The van der Waals surface area contributed by atoms with Crippen LogP contribution in [0, 0.1) is 0 Å². The van der Waals surface area contributed by atoms with E-state index in [0.717, 1.165) is 25.7 Å². The monoisotopic (exact) mass is 347 g/mol. The minimum atomic E-state index is -0.439. The van der Waals surface area contributed by atoms with Crippen LogP contribution in [0.5, 0.6) is 0 Å². The second-order valence-electron chi connectivity index (χ2n) is 6.62. The van der Waals surface area contributed by atoms with Gasteiger partial charge in [0.05, 0.1) is 6.26 Å². The number of piperazine rings is 1. The molecule has 1 unspecified atom stereocenters. The van der Waals surface area contributed by atoms with Crippen molar-refractivity contribution in [3.05, 3.63) is 24.2 Å². The normalized spacial score (nSPS) is 21.3. The first-order valence-electron chi connectivity index (χ1n) is 9.04. The van der Waals surface area contributed by atoms with Crippen LogP contribution in [-0.2, 0) is 9.59 Å². The molecule has 136 valence electrons. The quantitative estimate of drug-likeness (QED) is 0.757. The molecule has 3 rings (SSSR count). The molecule has 2 fully saturated rings. The fraction of sp³-hybridized carbons (Fsp3) is 0.611. The minimum Gasteiger partial charge on any atom is -0.459 e. The highest BCUT2D eigenvalue weighted by atomic mass is 16.3. The van der Waals surface area contributed by atoms with Crippen LogP contribution in [0.15, 0.2) is 22.8 Å². The molecule has 0 aliphatic carbocycles. The summed E-state index contributed by atoms with van der Waals surface area (Å²) in [5, 5.41) is 0. The average molecular weight is 347 g/mol. The highest BCUT2D eigenvalue weighted by molar-refractivity contribution is 6.35. The Hall–Kier alpha value is -2.31. The third-order valence-electron chi connectivity index (χ3n) is 5.13. The number of furan rings is 1. The van der Waals surface area contributed by atoms with Crippen LogP contribution in [-0.4, -0.2) is 71.2 Å². The zero-order valence-corrected chi connectivity index (χ0v) is 14.6. The first-order valence-corrected chi connectivity index (χ1v) is 9.04. The molecule has 2 aliphatic heterocycles. The van der Waals surface area contributed by atoms with E-state index in [0.29, 0.717) is 38.5 Å². The molecule has 1 aromatic heterocycles. The first-order chi connectivity index (χ1) is 12.1. The van der Waals surface area contributed by atoms with Crippen molar-refractivity contribution in [2.24, 2.45) is 0 Å². The molecule has 1 aromatic rings. The van der Waals surface area contributed by atoms with Crippen LogP contribution in [0.1, 0.15) is 43.2 Å². The Morgan fingerprint density at radius 1 is 1.04 bits per heavy atom. The van der Waals surface area contributed by atoms with Gasteiger partial charge in [0.15, 0.2) is 5.76 Å². The molecule has 7 heteroatoms. The van der Waals surface area contributed by atoms with Crippen molar-refractivity contribution in [1.82, 2.24) is 14.7 Å². The molecular formula is C18H25N3O4. The third-order valence-corrected chi connectivity index (χ3v) is 5.13. The highest BCUT2D eigenvalue weighted by Gasteiger charge is 2.34. The maximum absolute atomic E-state index is 12.6. The van der Waals surface area contributed by atoms with Crippen molar-refractivity contribution in [2.45, 2.75) is 38.6 Å². The van der Waals surface area contributed by atoms with Gasteiger partial charge in [-0.15, -0.1) is 0 Å². The molecule has 3 amide bonds. The van der Waals surface area contributed by atoms with Gasteiger partial charge in [0.25, 0.3) is 5.91 Å². The second-order valence-corrected chi connectivity index (χ2v) is 6.62. The Bertz CT molecular complexity index is 620. The summed E-state index contributed by atoms with van der Waals surface area (Å²) in [4.78, 5) is 42.4.